The summed E-state index contributed by atoms with van der Waals surface area (Å²) in [7, 11) is 0. The average Bonchev–Trinajstić information content (AvgIpc) is 3.53. The predicted molar refractivity (Wildman–Crippen MR) is 143 cm³/mol. The monoisotopic (exact) mass is 503 g/mol. The van der Waals surface area contributed by atoms with Gasteiger partial charge in [0.2, 0.25) is 0 Å². The summed E-state index contributed by atoms with van der Waals surface area (Å²) in [5.74, 6) is 0.470. The molecule has 0 unspecified atom stereocenters. The molecule has 3 nitrogen and oxygen atoms in total. The second-order valence-corrected chi connectivity index (χ2v) is 10.5. The Hall–Kier alpha value is -2.85. The van der Waals surface area contributed by atoms with E-state index in [9.17, 15) is 0 Å². The fourth-order valence-corrected chi connectivity index (χ4v) is 6.42. The van der Waals surface area contributed by atoms with E-state index in [4.69, 9.17) is 34.8 Å². The summed E-state index contributed by atoms with van der Waals surface area (Å²) < 4.78 is 0. The highest BCUT2D eigenvalue weighted by atomic mass is 35.5. The maximum Gasteiger partial charge on any atom is 0.0460 e. The molecule has 168 valence electrons. The number of H-pyrrole nitrogens is 3. The Morgan fingerprint density at radius 1 is 0.588 bits per heavy atom. The van der Waals surface area contributed by atoms with Crippen molar-refractivity contribution in [3.8, 4) is 0 Å². The van der Waals surface area contributed by atoms with Gasteiger partial charge in [-0.1, -0.05) is 34.8 Å². The zero-order valence-corrected chi connectivity index (χ0v) is 20.3. The molecule has 6 heteroatoms. The average molecular weight is 505 g/mol. The van der Waals surface area contributed by atoms with Gasteiger partial charge in [0.05, 0.1) is 0 Å². The molecule has 6 aromatic rings. The van der Waals surface area contributed by atoms with Crippen LogP contribution in [-0.4, -0.2) is 15.0 Å². The molecular formula is C28H20Cl3N3. The summed E-state index contributed by atoms with van der Waals surface area (Å²) in [5.41, 5.74) is 8.46. The molecule has 1 aliphatic rings. The maximum atomic E-state index is 6.48. The van der Waals surface area contributed by atoms with Crippen molar-refractivity contribution in [2.24, 2.45) is 0 Å². The van der Waals surface area contributed by atoms with Crippen LogP contribution >= 0.6 is 34.8 Å². The molecule has 3 aromatic heterocycles. The number of hydrogen-bond acceptors (Lipinski definition) is 0. The lowest BCUT2D eigenvalue weighted by Crippen LogP contribution is -2.15. The zero-order chi connectivity index (χ0) is 23.0. The first-order chi connectivity index (χ1) is 16.6. The summed E-state index contributed by atoms with van der Waals surface area (Å²) in [4.78, 5) is 10.7. The van der Waals surface area contributed by atoms with E-state index in [0.29, 0.717) is 0 Å². The number of aromatic amines is 3. The Kier molecular flexibility index (Phi) is 4.57. The van der Waals surface area contributed by atoms with Gasteiger partial charge in [-0.3, -0.25) is 0 Å². The number of benzene rings is 3. The molecule has 3 N–H and O–H groups in total. The molecule has 0 amide bonds. The second-order valence-electron chi connectivity index (χ2n) is 9.19. The number of fused-ring (bicyclic) bond motifs is 5. The molecule has 0 saturated carbocycles. The lowest BCUT2D eigenvalue weighted by Gasteiger charge is -2.29. The predicted octanol–water partition coefficient (Wildman–Crippen LogP) is 9.15. The fraction of sp³-hybridized carbons (Fsp3) is 0.143. The molecule has 7 rings (SSSR count). The Labute approximate surface area is 211 Å². The van der Waals surface area contributed by atoms with Gasteiger partial charge in [-0.15, -0.1) is 0 Å². The first kappa shape index (κ1) is 20.5. The van der Waals surface area contributed by atoms with Gasteiger partial charge in [0, 0.05) is 77.7 Å². The van der Waals surface area contributed by atoms with E-state index in [1.54, 1.807) is 0 Å². The van der Waals surface area contributed by atoms with E-state index in [0.717, 1.165) is 44.5 Å². The van der Waals surface area contributed by atoms with Crippen LogP contribution in [0.2, 0.25) is 15.1 Å². The molecule has 0 spiro atoms. The third kappa shape index (κ3) is 3.04. The van der Waals surface area contributed by atoms with E-state index in [2.05, 4.69) is 57.7 Å². The van der Waals surface area contributed by atoms with Crippen LogP contribution in [0.15, 0.2) is 67.0 Å². The largest absolute Gasteiger partial charge is 0.361 e. The molecule has 0 bridgehead atoms. The highest BCUT2D eigenvalue weighted by Gasteiger charge is 2.34. The number of hydrogen-bond donors (Lipinski definition) is 3. The summed E-state index contributed by atoms with van der Waals surface area (Å²) >= 11 is 19.2. The molecule has 0 radical (unpaired) electrons. The number of rotatable bonds is 2. The Morgan fingerprint density at radius 2 is 1.09 bits per heavy atom. The maximum absolute atomic E-state index is 6.48. The third-order valence-corrected chi connectivity index (χ3v) is 8.08. The highest BCUT2D eigenvalue weighted by Crippen LogP contribution is 2.50. The van der Waals surface area contributed by atoms with Gasteiger partial charge < -0.3 is 15.0 Å². The second kappa shape index (κ2) is 7.58. The lowest BCUT2D eigenvalue weighted by molar-refractivity contribution is 0.565. The minimum absolute atomic E-state index is 0.235. The molecule has 0 saturated heterocycles. The number of aromatic nitrogens is 3. The van der Waals surface area contributed by atoms with Crippen molar-refractivity contribution in [1.82, 2.24) is 15.0 Å². The third-order valence-electron chi connectivity index (χ3n) is 7.37. The van der Waals surface area contributed by atoms with Crippen LogP contribution in [-0.2, 0) is 0 Å². The van der Waals surface area contributed by atoms with E-state index in [1.165, 1.54) is 38.5 Å². The Morgan fingerprint density at radius 3 is 1.71 bits per heavy atom. The topological polar surface area (TPSA) is 47.4 Å². The van der Waals surface area contributed by atoms with Crippen molar-refractivity contribution in [3.63, 3.8) is 0 Å². The molecular weight excluding hydrogens is 485 g/mol. The first-order valence-electron chi connectivity index (χ1n) is 11.4. The molecule has 0 aliphatic heterocycles. The zero-order valence-electron chi connectivity index (χ0n) is 18.1. The molecule has 1 aliphatic carbocycles. The number of nitrogens with one attached hydrogen (secondary N) is 3. The van der Waals surface area contributed by atoms with Gasteiger partial charge in [-0.25, -0.2) is 0 Å². The molecule has 3 heterocycles. The quantitative estimate of drug-likeness (QED) is 0.210. The smallest absolute Gasteiger partial charge is 0.0460 e. The number of halogens is 3. The lowest BCUT2D eigenvalue weighted by atomic mass is 9.74. The first-order valence-corrected chi connectivity index (χ1v) is 12.5. The van der Waals surface area contributed by atoms with E-state index < -0.39 is 0 Å². The SMILES string of the molecule is Clc1ccc2[nH]cc([C@@H]3CC[C@@H](c4c[nH]c5ccc(Cl)cc45)c4c3[nH]c3ccc(Cl)cc43)c2c1. The van der Waals surface area contributed by atoms with E-state index in [-0.39, 0.29) is 11.8 Å². The van der Waals surface area contributed by atoms with Gasteiger partial charge in [0.1, 0.15) is 0 Å². The van der Waals surface area contributed by atoms with Gasteiger partial charge in [-0.2, -0.15) is 0 Å². The van der Waals surface area contributed by atoms with Crippen molar-refractivity contribution in [2.45, 2.75) is 24.7 Å². The van der Waals surface area contributed by atoms with Gasteiger partial charge in [0.25, 0.3) is 0 Å². The fourth-order valence-electron chi connectivity index (χ4n) is 5.91. The van der Waals surface area contributed by atoms with Crippen LogP contribution in [0.5, 0.6) is 0 Å². The van der Waals surface area contributed by atoms with Crippen molar-refractivity contribution in [2.75, 3.05) is 0 Å². The Balaban J connectivity index is 1.48. The van der Waals surface area contributed by atoms with Crippen LogP contribution < -0.4 is 0 Å². The van der Waals surface area contributed by atoms with Crippen LogP contribution in [0.4, 0.5) is 0 Å². The van der Waals surface area contributed by atoms with Gasteiger partial charge >= 0.3 is 0 Å². The Bertz CT molecular complexity index is 1720. The van der Waals surface area contributed by atoms with Crippen LogP contribution in [0.3, 0.4) is 0 Å². The van der Waals surface area contributed by atoms with E-state index >= 15 is 0 Å². The van der Waals surface area contributed by atoms with Crippen molar-refractivity contribution in [1.29, 1.82) is 0 Å². The van der Waals surface area contributed by atoms with E-state index in [1.807, 2.05) is 24.3 Å². The highest BCUT2D eigenvalue weighted by molar-refractivity contribution is 6.32. The summed E-state index contributed by atoms with van der Waals surface area (Å²) in [5, 5.41) is 5.79. The van der Waals surface area contributed by atoms with Crippen LogP contribution in [0, 0.1) is 0 Å². The minimum atomic E-state index is 0.235. The minimum Gasteiger partial charge on any atom is -0.361 e. The molecule has 2 atom stereocenters. The van der Waals surface area contributed by atoms with Crippen LogP contribution in [0.25, 0.3) is 32.7 Å². The molecule has 3 aromatic carbocycles. The summed E-state index contributed by atoms with van der Waals surface area (Å²) in [6.07, 6.45) is 6.32. The van der Waals surface area contributed by atoms with Crippen molar-refractivity contribution >= 4 is 67.5 Å². The summed E-state index contributed by atoms with van der Waals surface area (Å²) in [6.45, 7) is 0. The van der Waals surface area contributed by atoms with Gasteiger partial charge in [0.15, 0.2) is 0 Å². The van der Waals surface area contributed by atoms with Crippen LogP contribution in [0.1, 0.15) is 47.1 Å². The molecule has 34 heavy (non-hydrogen) atoms. The normalized spacial score (nSPS) is 18.2. The van der Waals surface area contributed by atoms with Crippen molar-refractivity contribution < 1.29 is 0 Å². The standard InChI is InChI=1S/C28H20Cl3N3/c29-14-1-6-24-19(9-14)22(12-32-24)17-4-5-18(23-13-33-25-7-2-15(30)10-20(23)25)28-27(17)21-11-16(31)3-8-26(21)34-28/h1-3,6-13,17-18,32-34H,4-5H2/t17-,18-/m0/s1. The molecule has 0 fully saturated rings. The van der Waals surface area contributed by atoms with Crippen molar-refractivity contribution in [3.05, 3.63) is 104 Å². The van der Waals surface area contributed by atoms with Gasteiger partial charge in [-0.05, 0) is 84.1 Å². The summed E-state index contributed by atoms with van der Waals surface area (Å²) in [6, 6.07) is 18.2.